The molecule has 1 atom stereocenters. The number of carbonyl (C=O) groups excluding carboxylic acids is 2. The molecular weight excluding hydrogens is 439 g/mol. The van der Waals surface area contributed by atoms with Crippen LogP contribution < -0.4 is 15.4 Å². The molecule has 0 aliphatic carbocycles. The van der Waals surface area contributed by atoms with E-state index in [0.717, 1.165) is 17.5 Å². The van der Waals surface area contributed by atoms with Gasteiger partial charge in [0.25, 0.3) is 0 Å². The third-order valence-corrected chi connectivity index (χ3v) is 5.47. The van der Waals surface area contributed by atoms with E-state index in [-0.39, 0.29) is 12.6 Å². The van der Waals surface area contributed by atoms with Crippen molar-refractivity contribution in [1.29, 1.82) is 0 Å². The molecule has 0 radical (unpaired) electrons. The minimum Gasteiger partial charge on any atom is -0.489 e. The topological polar surface area (TPSA) is 76.7 Å². The van der Waals surface area contributed by atoms with Crippen molar-refractivity contribution in [2.45, 2.75) is 39.3 Å². The van der Waals surface area contributed by atoms with Crippen LogP contribution in [0.25, 0.3) is 0 Å². The molecule has 164 valence electrons. The van der Waals surface area contributed by atoms with Crippen molar-refractivity contribution < 1.29 is 19.1 Å². The van der Waals surface area contributed by atoms with Crippen molar-refractivity contribution in [2.75, 3.05) is 6.61 Å². The maximum absolute atomic E-state index is 12.7. The van der Waals surface area contributed by atoms with Gasteiger partial charge in [-0.05, 0) is 48.7 Å². The summed E-state index contributed by atoms with van der Waals surface area (Å²) in [6, 6.07) is 11.6. The molecule has 2 amide bonds. The van der Waals surface area contributed by atoms with Gasteiger partial charge < -0.3 is 20.1 Å². The highest BCUT2D eigenvalue weighted by Crippen LogP contribution is 2.31. The molecule has 0 aromatic heterocycles. The zero-order valence-electron chi connectivity index (χ0n) is 17.3. The van der Waals surface area contributed by atoms with Crippen molar-refractivity contribution in [3.63, 3.8) is 0 Å². The van der Waals surface area contributed by atoms with E-state index in [1.807, 2.05) is 31.2 Å². The fourth-order valence-corrected chi connectivity index (χ4v) is 3.67. The van der Waals surface area contributed by atoms with E-state index < -0.39 is 12.0 Å². The quantitative estimate of drug-likeness (QED) is 0.504. The van der Waals surface area contributed by atoms with E-state index in [1.165, 1.54) is 0 Å². The van der Waals surface area contributed by atoms with Gasteiger partial charge in [-0.1, -0.05) is 54.7 Å². The van der Waals surface area contributed by atoms with Gasteiger partial charge in [-0.3, -0.25) is 0 Å². The van der Waals surface area contributed by atoms with Crippen LogP contribution in [0.15, 0.2) is 53.7 Å². The Balaban J connectivity index is 1.87. The van der Waals surface area contributed by atoms with Crippen molar-refractivity contribution in [1.82, 2.24) is 10.6 Å². The predicted octanol–water partition coefficient (Wildman–Crippen LogP) is 5.54. The maximum Gasteiger partial charge on any atom is 0.338 e. The first-order valence-corrected chi connectivity index (χ1v) is 10.8. The van der Waals surface area contributed by atoms with Crippen molar-refractivity contribution in [3.05, 3.63) is 74.9 Å². The molecule has 1 unspecified atom stereocenters. The van der Waals surface area contributed by atoms with E-state index in [2.05, 4.69) is 10.6 Å². The van der Waals surface area contributed by atoms with Crippen LogP contribution in [0.5, 0.6) is 5.75 Å². The predicted molar refractivity (Wildman–Crippen MR) is 120 cm³/mol. The number of urea groups is 1. The number of hydrogen-bond donors (Lipinski definition) is 2. The number of rotatable bonds is 8. The van der Waals surface area contributed by atoms with E-state index in [0.29, 0.717) is 40.1 Å². The SMILES string of the molecule is CCCC1=C(C(=O)OCC)C(c2cccc(OCc3ccc(Cl)c(Cl)c3)c2)NC(=O)N1. The Morgan fingerprint density at radius 1 is 1.10 bits per heavy atom. The van der Waals surface area contributed by atoms with E-state index in [1.54, 1.807) is 25.1 Å². The van der Waals surface area contributed by atoms with Gasteiger partial charge in [-0.25, -0.2) is 9.59 Å². The lowest BCUT2D eigenvalue weighted by Crippen LogP contribution is -2.46. The standard InChI is InChI=1S/C23H24Cl2N2O4/c1-3-6-19-20(22(28)30-4-2)21(27-23(29)26-19)15-7-5-8-16(12-15)31-13-14-9-10-17(24)18(25)11-14/h5,7-12,21H,3-4,6,13H2,1-2H3,(H2,26,27,29). The third kappa shape index (κ3) is 5.71. The van der Waals surface area contributed by atoms with Crippen LogP contribution in [0.3, 0.4) is 0 Å². The molecule has 3 rings (SSSR count). The lowest BCUT2D eigenvalue weighted by molar-refractivity contribution is -0.139. The Bertz CT molecular complexity index is 1010. The molecule has 0 bridgehead atoms. The molecule has 2 N–H and O–H groups in total. The maximum atomic E-state index is 12.7. The first-order valence-electron chi connectivity index (χ1n) is 10.1. The molecule has 0 saturated carbocycles. The second-order valence-corrected chi connectivity index (χ2v) is 7.82. The molecule has 1 heterocycles. The first-order chi connectivity index (χ1) is 14.9. The Morgan fingerprint density at radius 2 is 1.90 bits per heavy atom. The molecular formula is C23H24Cl2N2O4. The monoisotopic (exact) mass is 462 g/mol. The largest absolute Gasteiger partial charge is 0.489 e. The fraction of sp³-hybridized carbons (Fsp3) is 0.304. The van der Waals surface area contributed by atoms with Crippen LogP contribution >= 0.6 is 23.2 Å². The van der Waals surface area contributed by atoms with E-state index >= 15 is 0 Å². The molecule has 2 aromatic carbocycles. The molecule has 0 spiro atoms. The fourth-order valence-electron chi connectivity index (χ4n) is 3.34. The number of allylic oxidation sites excluding steroid dienone is 1. The molecule has 1 aliphatic heterocycles. The normalized spacial score (nSPS) is 15.9. The number of nitrogens with one attached hydrogen (secondary N) is 2. The van der Waals surface area contributed by atoms with Crippen LogP contribution in [-0.4, -0.2) is 18.6 Å². The van der Waals surface area contributed by atoms with Gasteiger partial charge in [0.2, 0.25) is 0 Å². The molecule has 6 nitrogen and oxygen atoms in total. The highest BCUT2D eigenvalue weighted by Gasteiger charge is 2.33. The number of hydrogen-bond acceptors (Lipinski definition) is 4. The lowest BCUT2D eigenvalue weighted by atomic mass is 9.93. The lowest BCUT2D eigenvalue weighted by Gasteiger charge is -2.29. The van der Waals surface area contributed by atoms with Gasteiger partial charge in [-0.2, -0.15) is 0 Å². The highest BCUT2D eigenvalue weighted by atomic mass is 35.5. The van der Waals surface area contributed by atoms with Crippen LogP contribution in [0.2, 0.25) is 10.0 Å². The summed E-state index contributed by atoms with van der Waals surface area (Å²) < 4.78 is 11.2. The number of ether oxygens (including phenoxy) is 2. The van der Waals surface area contributed by atoms with E-state index in [4.69, 9.17) is 32.7 Å². The summed E-state index contributed by atoms with van der Waals surface area (Å²) >= 11 is 12.0. The zero-order chi connectivity index (χ0) is 22.4. The molecule has 0 fully saturated rings. The summed E-state index contributed by atoms with van der Waals surface area (Å²) in [7, 11) is 0. The second kappa shape index (κ2) is 10.6. The van der Waals surface area contributed by atoms with Gasteiger partial charge in [0.05, 0.1) is 28.3 Å². The summed E-state index contributed by atoms with van der Waals surface area (Å²) in [4.78, 5) is 25.0. The van der Waals surface area contributed by atoms with Gasteiger partial charge in [0.1, 0.15) is 12.4 Å². The summed E-state index contributed by atoms with van der Waals surface area (Å²) in [5, 5.41) is 6.52. The first kappa shape index (κ1) is 23.0. The zero-order valence-corrected chi connectivity index (χ0v) is 18.8. The van der Waals surface area contributed by atoms with Gasteiger partial charge in [0, 0.05) is 5.70 Å². The second-order valence-electron chi connectivity index (χ2n) is 7.00. The summed E-state index contributed by atoms with van der Waals surface area (Å²) in [5.74, 6) is 0.141. The smallest absolute Gasteiger partial charge is 0.338 e. The van der Waals surface area contributed by atoms with Crippen molar-refractivity contribution >= 4 is 35.2 Å². The molecule has 8 heteroatoms. The Hall–Kier alpha value is -2.70. The summed E-state index contributed by atoms with van der Waals surface area (Å²) in [6.45, 7) is 4.27. The number of esters is 1. The van der Waals surface area contributed by atoms with Crippen LogP contribution in [0.1, 0.15) is 43.9 Å². The number of carbonyl (C=O) groups is 2. The molecule has 31 heavy (non-hydrogen) atoms. The van der Waals surface area contributed by atoms with E-state index in [9.17, 15) is 9.59 Å². The van der Waals surface area contributed by atoms with Crippen molar-refractivity contribution in [3.8, 4) is 5.75 Å². The number of halogens is 2. The average Bonchev–Trinajstić information content (AvgIpc) is 2.75. The number of benzene rings is 2. The van der Waals surface area contributed by atoms with Crippen LogP contribution in [0, 0.1) is 0 Å². The Morgan fingerprint density at radius 3 is 2.61 bits per heavy atom. The minimum atomic E-state index is -0.636. The molecule has 0 saturated heterocycles. The van der Waals surface area contributed by atoms with Crippen molar-refractivity contribution in [2.24, 2.45) is 0 Å². The van der Waals surface area contributed by atoms with Crippen LogP contribution in [-0.2, 0) is 16.1 Å². The summed E-state index contributed by atoms with van der Waals surface area (Å²) in [6.07, 6.45) is 1.34. The summed E-state index contributed by atoms with van der Waals surface area (Å²) in [5.41, 5.74) is 2.58. The van der Waals surface area contributed by atoms with Gasteiger partial charge >= 0.3 is 12.0 Å². The molecule has 2 aromatic rings. The highest BCUT2D eigenvalue weighted by molar-refractivity contribution is 6.42. The Kier molecular flexibility index (Phi) is 7.82. The average molecular weight is 463 g/mol. The number of amides is 2. The minimum absolute atomic E-state index is 0.245. The van der Waals surface area contributed by atoms with Crippen LogP contribution in [0.4, 0.5) is 4.79 Å². The molecule has 1 aliphatic rings. The van der Waals surface area contributed by atoms with Gasteiger partial charge in [0.15, 0.2) is 0 Å². The van der Waals surface area contributed by atoms with Gasteiger partial charge in [-0.15, -0.1) is 0 Å². The Labute approximate surface area is 191 Å². The third-order valence-electron chi connectivity index (χ3n) is 4.73.